The molecule has 0 aliphatic carbocycles. The van der Waals surface area contributed by atoms with Gasteiger partial charge in [0.1, 0.15) is 5.69 Å². The van der Waals surface area contributed by atoms with Gasteiger partial charge in [0.15, 0.2) is 5.65 Å². The number of piperidine rings is 1. The number of hydrogen-bond donors (Lipinski definition) is 0. The largest absolute Gasteiger partial charge is 0.433 e. The maximum atomic E-state index is 12.8. The lowest BCUT2D eigenvalue weighted by Crippen LogP contribution is -2.36. The van der Waals surface area contributed by atoms with Crippen LogP contribution in [0.25, 0.3) is 11.2 Å². The third kappa shape index (κ3) is 3.73. The van der Waals surface area contributed by atoms with Crippen molar-refractivity contribution in [3.8, 4) is 0 Å². The predicted octanol–water partition coefficient (Wildman–Crippen LogP) is 3.55. The number of aromatic nitrogens is 4. The Balaban J connectivity index is 1.45. The third-order valence-electron chi connectivity index (χ3n) is 5.55. The first-order valence-corrected chi connectivity index (χ1v) is 9.70. The number of hydrogen-bond acceptors (Lipinski definition) is 4. The second-order valence-corrected chi connectivity index (χ2v) is 7.31. The average molecular weight is 405 g/mol. The molecule has 1 aliphatic rings. The molecule has 0 saturated carbocycles. The zero-order chi connectivity index (χ0) is 20.6. The molecule has 1 saturated heterocycles. The molecular formula is C20H22F3N5O. The summed E-state index contributed by atoms with van der Waals surface area (Å²) in [5, 5.41) is 0. The Labute approximate surface area is 165 Å². The maximum Gasteiger partial charge on any atom is 0.433 e. The minimum atomic E-state index is -4.43. The van der Waals surface area contributed by atoms with Crippen molar-refractivity contribution in [2.24, 2.45) is 5.92 Å². The summed E-state index contributed by atoms with van der Waals surface area (Å²) in [6.45, 7) is 4.55. The van der Waals surface area contributed by atoms with Crippen LogP contribution in [0.3, 0.4) is 0 Å². The zero-order valence-corrected chi connectivity index (χ0v) is 16.1. The third-order valence-corrected chi connectivity index (χ3v) is 5.55. The Hall–Kier alpha value is -2.84. The standard InChI is InChI=1S/C20H22F3N5O/c1-2-27-16-4-3-9-24-18(16)28(19(27)29)13-14-7-10-26(11-8-14)15-5-6-17(25-12-15)20(21,22)23/h3-6,9,12,14H,2,7-8,10-11,13H2,1H3. The normalized spacial score (nSPS) is 15.9. The van der Waals surface area contributed by atoms with Crippen LogP contribution >= 0.6 is 0 Å². The van der Waals surface area contributed by atoms with Crippen LogP contribution in [-0.2, 0) is 19.3 Å². The summed E-state index contributed by atoms with van der Waals surface area (Å²) in [6, 6.07) is 6.23. The lowest BCUT2D eigenvalue weighted by Gasteiger charge is -2.33. The van der Waals surface area contributed by atoms with Crippen molar-refractivity contribution in [1.29, 1.82) is 0 Å². The van der Waals surface area contributed by atoms with E-state index in [0.29, 0.717) is 43.4 Å². The summed E-state index contributed by atoms with van der Waals surface area (Å²) in [5.74, 6) is 0.310. The van der Waals surface area contributed by atoms with Crippen LogP contribution < -0.4 is 10.6 Å². The molecular weight excluding hydrogens is 383 g/mol. The number of nitrogens with zero attached hydrogens (tertiary/aromatic N) is 5. The van der Waals surface area contributed by atoms with E-state index in [4.69, 9.17) is 0 Å². The van der Waals surface area contributed by atoms with Crippen molar-refractivity contribution in [2.75, 3.05) is 18.0 Å². The monoisotopic (exact) mass is 405 g/mol. The fourth-order valence-corrected chi connectivity index (χ4v) is 3.99. The van der Waals surface area contributed by atoms with Gasteiger partial charge in [-0.1, -0.05) is 0 Å². The van der Waals surface area contributed by atoms with Crippen molar-refractivity contribution < 1.29 is 13.2 Å². The molecule has 6 nitrogen and oxygen atoms in total. The highest BCUT2D eigenvalue weighted by Gasteiger charge is 2.32. The highest BCUT2D eigenvalue weighted by atomic mass is 19.4. The van der Waals surface area contributed by atoms with Gasteiger partial charge < -0.3 is 4.90 Å². The van der Waals surface area contributed by atoms with E-state index in [-0.39, 0.29) is 5.69 Å². The van der Waals surface area contributed by atoms with Crippen LogP contribution in [0.5, 0.6) is 0 Å². The molecule has 0 N–H and O–H groups in total. The van der Waals surface area contributed by atoms with E-state index in [1.54, 1.807) is 15.3 Å². The molecule has 154 valence electrons. The number of alkyl halides is 3. The first-order valence-electron chi connectivity index (χ1n) is 9.70. The predicted molar refractivity (Wildman–Crippen MR) is 104 cm³/mol. The molecule has 3 aromatic rings. The van der Waals surface area contributed by atoms with Crippen molar-refractivity contribution >= 4 is 16.9 Å². The molecule has 4 rings (SSSR count). The highest BCUT2D eigenvalue weighted by Crippen LogP contribution is 2.30. The van der Waals surface area contributed by atoms with E-state index in [2.05, 4.69) is 9.97 Å². The number of imidazole rings is 1. The number of rotatable bonds is 4. The topological polar surface area (TPSA) is 56.0 Å². The lowest BCUT2D eigenvalue weighted by atomic mass is 9.96. The fraction of sp³-hybridized carbons (Fsp3) is 0.450. The summed E-state index contributed by atoms with van der Waals surface area (Å²) in [6.07, 6.45) is 0.244. The Morgan fingerprint density at radius 2 is 1.86 bits per heavy atom. The van der Waals surface area contributed by atoms with Gasteiger partial charge in [-0.2, -0.15) is 13.2 Å². The van der Waals surface area contributed by atoms with Crippen LogP contribution in [0, 0.1) is 5.92 Å². The number of anilines is 1. The van der Waals surface area contributed by atoms with E-state index >= 15 is 0 Å². The second-order valence-electron chi connectivity index (χ2n) is 7.31. The van der Waals surface area contributed by atoms with Gasteiger partial charge in [0.2, 0.25) is 0 Å². The van der Waals surface area contributed by atoms with Crippen molar-refractivity contribution in [1.82, 2.24) is 19.1 Å². The fourth-order valence-electron chi connectivity index (χ4n) is 3.99. The first kappa shape index (κ1) is 19.5. The summed E-state index contributed by atoms with van der Waals surface area (Å²) < 4.78 is 41.5. The van der Waals surface area contributed by atoms with Crippen molar-refractivity contribution in [3.05, 3.63) is 52.8 Å². The maximum absolute atomic E-state index is 12.8. The van der Waals surface area contributed by atoms with Crippen LogP contribution in [0.4, 0.5) is 18.9 Å². The van der Waals surface area contributed by atoms with Crippen LogP contribution in [0.15, 0.2) is 41.5 Å². The van der Waals surface area contributed by atoms with Gasteiger partial charge in [-0.05, 0) is 49.9 Å². The van der Waals surface area contributed by atoms with E-state index in [1.165, 1.54) is 12.3 Å². The quantitative estimate of drug-likeness (QED) is 0.666. The molecule has 0 bridgehead atoms. The van der Waals surface area contributed by atoms with Crippen LogP contribution in [0.1, 0.15) is 25.5 Å². The molecule has 0 atom stereocenters. The van der Waals surface area contributed by atoms with E-state index < -0.39 is 11.9 Å². The number of halogens is 3. The summed E-state index contributed by atoms with van der Waals surface area (Å²) in [5.41, 5.74) is 1.31. The van der Waals surface area contributed by atoms with E-state index in [1.807, 2.05) is 24.0 Å². The van der Waals surface area contributed by atoms with Crippen molar-refractivity contribution in [2.45, 2.75) is 39.0 Å². The summed E-state index contributed by atoms with van der Waals surface area (Å²) in [4.78, 5) is 22.8. The average Bonchev–Trinajstić information content (AvgIpc) is 2.99. The van der Waals surface area contributed by atoms with Crippen LogP contribution in [0.2, 0.25) is 0 Å². The zero-order valence-electron chi connectivity index (χ0n) is 16.1. The molecule has 0 unspecified atom stereocenters. The van der Waals surface area contributed by atoms with Crippen molar-refractivity contribution in [3.63, 3.8) is 0 Å². The number of aryl methyl sites for hydroxylation is 1. The van der Waals surface area contributed by atoms with Gasteiger partial charge in [-0.3, -0.25) is 9.13 Å². The Morgan fingerprint density at radius 3 is 2.48 bits per heavy atom. The van der Waals surface area contributed by atoms with Crippen LogP contribution in [-0.4, -0.2) is 32.2 Å². The van der Waals surface area contributed by atoms with Gasteiger partial charge in [0.05, 0.1) is 17.4 Å². The van der Waals surface area contributed by atoms with E-state index in [9.17, 15) is 18.0 Å². The molecule has 29 heavy (non-hydrogen) atoms. The van der Waals surface area contributed by atoms with Gasteiger partial charge in [-0.15, -0.1) is 0 Å². The first-order chi connectivity index (χ1) is 13.9. The lowest BCUT2D eigenvalue weighted by molar-refractivity contribution is -0.141. The molecule has 3 aromatic heterocycles. The summed E-state index contributed by atoms with van der Waals surface area (Å²) in [7, 11) is 0. The molecule has 0 spiro atoms. The minimum absolute atomic E-state index is 0.0458. The van der Waals surface area contributed by atoms with E-state index in [0.717, 1.165) is 24.4 Å². The SMILES string of the molecule is CCn1c(=O)n(CC2CCN(c3ccc(C(F)(F)F)nc3)CC2)c2ncccc21. The smallest absolute Gasteiger partial charge is 0.370 e. The number of pyridine rings is 2. The number of fused-ring (bicyclic) bond motifs is 1. The highest BCUT2D eigenvalue weighted by molar-refractivity contribution is 5.71. The van der Waals surface area contributed by atoms with Gasteiger partial charge in [-0.25, -0.2) is 14.8 Å². The molecule has 9 heteroatoms. The Kier molecular flexibility index (Phi) is 5.06. The summed E-state index contributed by atoms with van der Waals surface area (Å²) >= 11 is 0. The molecule has 0 amide bonds. The Bertz CT molecular complexity index is 1050. The molecule has 1 fully saturated rings. The molecule has 4 heterocycles. The van der Waals surface area contributed by atoms with Gasteiger partial charge in [0, 0.05) is 32.4 Å². The molecule has 1 aliphatic heterocycles. The van der Waals surface area contributed by atoms with Gasteiger partial charge in [0.25, 0.3) is 0 Å². The minimum Gasteiger partial charge on any atom is -0.370 e. The Morgan fingerprint density at radius 1 is 1.10 bits per heavy atom. The second kappa shape index (κ2) is 7.53. The molecule has 0 radical (unpaired) electrons. The van der Waals surface area contributed by atoms with Gasteiger partial charge >= 0.3 is 11.9 Å². The molecule has 0 aromatic carbocycles.